The molecule has 2 N–H and O–H groups in total. The van der Waals surface area contributed by atoms with Crippen LogP contribution < -0.4 is 15.4 Å². The van der Waals surface area contributed by atoms with Crippen LogP contribution in [-0.2, 0) is 20.7 Å². The van der Waals surface area contributed by atoms with Gasteiger partial charge in [-0.05, 0) is 37.1 Å². The van der Waals surface area contributed by atoms with Crippen molar-refractivity contribution in [3.8, 4) is 5.75 Å². The predicted octanol–water partition coefficient (Wildman–Crippen LogP) is 2.72. The number of thiazole rings is 1. The van der Waals surface area contributed by atoms with Crippen LogP contribution in [0.4, 0.5) is 5.69 Å². The Kier molecular flexibility index (Phi) is 7.70. The molecule has 0 saturated carbocycles. The minimum atomic E-state index is -0.110. The van der Waals surface area contributed by atoms with E-state index in [9.17, 15) is 9.59 Å². The molecule has 1 aromatic carbocycles. The first-order valence-corrected chi connectivity index (χ1v) is 10.9. The van der Waals surface area contributed by atoms with E-state index in [1.54, 1.807) is 31.4 Å². The summed E-state index contributed by atoms with van der Waals surface area (Å²) in [4.78, 5) is 28.5. The largest absolute Gasteiger partial charge is 0.497 e. The van der Waals surface area contributed by atoms with Gasteiger partial charge in [0.05, 0.1) is 31.1 Å². The Labute approximate surface area is 172 Å². The number of benzene rings is 1. The van der Waals surface area contributed by atoms with Crippen LogP contribution in [0.2, 0.25) is 0 Å². The lowest BCUT2D eigenvalue weighted by Gasteiger charge is -2.09. The number of nitrogens with zero attached hydrogens (tertiary/aromatic N) is 1. The van der Waals surface area contributed by atoms with Gasteiger partial charge in [-0.3, -0.25) is 9.59 Å². The van der Waals surface area contributed by atoms with Crippen LogP contribution in [0.5, 0.6) is 5.75 Å². The number of aromatic nitrogens is 1. The highest BCUT2D eigenvalue weighted by atomic mass is 32.2. The predicted molar refractivity (Wildman–Crippen MR) is 110 cm³/mol. The molecule has 28 heavy (non-hydrogen) atoms. The number of anilines is 1. The van der Waals surface area contributed by atoms with Crippen molar-refractivity contribution < 1.29 is 19.1 Å². The summed E-state index contributed by atoms with van der Waals surface area (Å²) < 4.78 is 11.4. The lowest BCUT2D eigenvalue weighted by Crippen LogP contribution is -2.32. The lowest BCUT2D eigenvalue weighted by atomic mass is 10.2. The number of ether oxygens (including phenoxy) is 2. The molecule has 0 radical (unpaired) electrons. The highest BCUT2D eigenvalue weighted by molar-refractivity contribution is 8.01. The van der Waals surface area contributed by atoms with Crippen LogP contribution >= 0.6 is 23.1 Å². The summed E-state index contributed by atoms with van der Waals surface area (Å²) in [5.74, 6) is 0.822. The maximum Gasteiger partial charge on any atom is 0.234 e. The molecule has 2 aromatic rings. The molecule has 0 bridgehead atoms. The van der Waals surface area contributed by atoms with Gasteiger partial charge in [-0.25, -0.2) is 4.98 Å². The molecule has 1 aliphatic heterocycles. The van der Waals surface area contributed by atoms with E-state index in [1.165, 1.54) is 23.1 Å². The highest BCUT2D eigenvalue weighted by Crippen LogP contribution is 2.23. The zero-order chi connectivity index (χ0) is 19.8. The van der Waals surface area contributed by atoms with Gasteiger partial charge in [0, 0.05) is 24.2 Å². The van der Waals surface area contributed by atoms with E-state index < -0.39 is 0 Å². The molecule has 0 spiro atoms. The first kappa shape index (κ1) is 20.6. The van der Waals surface area contributed by atoms with Gasteiger partial charge in [0.25, 0.3) is 0 Å². The summed E-state index contributed by atoms with van der Waals surface area (Å²) in [7, 11) is 1.60. The number of methoxy groups -OCH3 is 1. The van der Waals surface area contributed by atoms with Crippen LogP contribution in [0, 0.1) is 0 Å². The van der Waals surface area contributed by atoms with Gasteiger partial charge in [-0.2, -0.15) is 0 Å². The van der Waals surface area contributed by atoms with Crippen molar-refractivity contribution in [2.24, 2.45) is 0 Å². The molecule has 1 aliphatic rings. The Balaban J connectivity index is 1.38. The van der Waals surface area contributed by atoms with Gasteiger partial charge in [0.15, 0.2) is 4.34 Å². The fourth-order valence-corrected chi connectivity index (χ4v) is 4.34. The van der Waals surface area contributed by atoms with Gasteiger partial charge >= 0.3 is 0 Å². The summed E-state index contributed by atoms with van der Waals surface area (Å²) in [6.07, 6.45) is 2.42. The van der Waals surface area contributed by atoms with Crippen molar-refractivity contribution in [1.29, 1.82) is 0 Å². The Morgan fingerprint density at radius 3 is 2.86 bits per heavy atom. The quantitative estimate of drug-likeness (QED) is 0.605. The summed E-state index contributed by atoms with van der Waals surface area (Å²) in [6, 6.07) is 7.16. The SMILES string of the molecule is COc1ccc(NC(=O)CSc2nc(CC(=O)NCC3CCCO3)cs2)cc1. The van der Waals surface area contributed by atoms with Crippen molar-refractivity contribution in [2.45, 2.75) is 29.7 Å². The second-order valence-corrected chi connectivity index (χ2v) is 8.37. The second-order valence-electron chi connectivity index (χ2n) is 6.29. The van der Waals surface area contributed by atoms with E-state index in [2.05, 4.69) is 15.6 Å². The maximum atomic E-state index is 12.1. The van der Waals surface area contributed by atoms with Crippen molar-refractivity contribution in [3.05, 3.63) is 35.3 Å². The fourth-order valence-electron chi connectivity index (χ4n) is 2.69. The molecule has 2 amide bonds. The smallest absolute Gasteiger partial charge is 0.234 e. The zero-order valence-electron chi connectivity index (χ0n) is 15.6. The monoisotopic (exact) mass is 421 g/mol. The number of thioether (sulfide) groups is 1. The molecule has 1 unspecified atom stereocenters. The number of hydrogen-bond donors (Lipinski definition) is 2. The number of carbonyl (C=O) groups excluding carboxylic acids is 2. The summed E-state index contributed by atoms with van der Waals surface area (Å²) in [5, 5.41) is 7.58. The van der Waals surface area contributed by atoms with Gasteiger partial charge in [-0.15, -0.1) is 11.3 Å². The van der Waals surface area contributed by atoms with E-state index in [4.69, 9.17) is 9.47 Å². The van der Waals surface area contributed by atoms with E-state index in [0.29, 0.717) is 17.9 Å². The molecule has 1 aromatic heterocycles. The third kappa shape index (κ3) is 6.50. The maximum absolute atomic E-state index is 12.1. The van der Waals surface area contributed by atoms with E-state index in [1.807, 2.05) is 5.38 Å². The van der Waals surface area contributed by atoms with Crippen molar-refractivity contribution in [1.82, 2.24) is 10.3 Å². The summed E-state index contributed by atoms with van der Waals surface area (Å²) in [5.41, 5.74) is 1.43. The van der Waals surface area contributed by atoms with Crippen LogP contribution in [-0.4, -0.2) is 48.9 Å². The van der Waals surface area contributed by atoms with Gasteiger partial charge < -0.3 is 20.1 Å². The first-order chi connectivity index (χ1) is 13.6. The average Bonchev–Trinajstić information content (AvgIpc) is 3.37. The van der Waals surface area contributed by atoms with Crippen molar-refractivity contribution in [3.63, 3.8) is 0 Å². The Morgan fingerprint density at radius 2 is 2.14 bits per heavy atom. The number of amides is 2. The summed E-state index contributed by atoms with van der Waals surface area (Å²) >= 11 is 2.79. The molecule has 7 nitrogen and oxygen atoms in total. The van der Waals surface area contributed by atoms with E-state index >= 15 is 0 Å². The van der Waals surface area contributed by atoms with Crippen LogP contribution in [0.15, 0.2) is 34.0 Å². The summed E-state index contributed by atoms with van der Waals surface area (Å²) in [6.45, 7) is 1.33. The van der Waals surface area contributed by atoms with Crippen LogP contribution in [0.3, 0.4) is 0 Å². The minimum absolute atomic E-state index is 0.0606. The normalized spacial score (nSPS) is 16.0. The average molecular weight is 422 g/mol. The van der Waals surface area contributed by atoms with Gasteiger partial charge in [0.1, 0.15) is 5.75 Å². The third-order valence-electron chi connectivity index (χ3n) is 4.12. The molecular weight excluding hydrogens is 398 g/mol. The molecule has 1 fully saturated rings. The van der Waals surface area contributed by atoms with Crippen molar-refractivity contribution in [2.75, 3.05) is 31.3 Å². The Morgan fingerprint density at radius 1 is 1.32 bits per heavy atom. The molecule has 1 atom stereocenters. The lowest BCUT2D eigenvalue weighted by molar-refractivity contribution is -0.121. The topological polar surface area (TPSA) is 89.5 Å². The molecule has 3 rings (SSSR count). The van der Waals surface area contributed by atoms with Crippen LogP contribution in [0.1, 0.15) is 18.5 Å². The molecule has 1 saturated heterocycles. The molecule has 2 heterocycles. The Bertz CT molecular complexity index is 789. The van der Waals surface area contributed by atoms with E-state index in [0.717, 1.165) is 29.5 Å². The molecule has 150 valence electrons. The second kappa shape index (κ2) is 10.4. The molecular formula is C19H23N3O4S2. The number of rotatable bonds is 9. The highest BCUT2D eigenvalue weighted by Gasteiger charge is 2.17. The Hall–Kier alpha value is -2.10. The van der Waals surface area contributed by atoms with Crippen LogP contribution in [0.25, 0.3) is 0 Å². The van der Waals surface area contributed by atoms with Crippen molar-refractivity contribution >= 4 is 40.6 Å². The van der Waals surface area contributed by atoms with Gasteiger partial charge in [-0.1, -0.05) is 11.8 Å². The van der Waals surface area contributed by atoms with E-state index in [-0.39, 0.29) is 30.1 Å². The number of nitrogens with one attached hydrogen (secondary N) is 2. The molecule has 9 heteroatoms. The zero-order valence-corrected chi connectivity index (χ0v) is 17.2. The fraction of sp³-hybridized carbons (Fsp3) is 0.421. The number of carbonyl (C=O) groups is 2. The minimum Gasteiger partial charge on any atom is -0.497 e. The molecule has 0 aliphatic carbocycles. The van der Waals surface area contributed by atoms with Gasteiger partial charge in [0.2, 0.25) is 11.8 Å². The first-order valence-electron chi connectivity index (χ1n) is 9.02. The standard InChI is InChI=1S/C19H23N3O4S2/c1-25-15-6-4-13(5-7-15)21-18(24)12-28-19-22-14(11-27-19)9-17(23)20-10-16-3-2-8-26-16/h4-7,11,16H,2-3,8-10,12H2,1H3,(H,20,23)(H,21,24). The third-order valence-corrected chi connectivity index (χ3v) is 6.19. The number of hydrogen-bond acceptors (Lipinski definition) is 7.